The van der Waals surface area contributed by atoms with Crippen molar-refractivity contribution in [3.63, 3.8) is 0 Å². The van der Waals surface area contributed by atoms with Crippen molar-refractivity contribution in [3.05, 3.63) is 30.3 Å². The van der Waals surface area contributed by atoms with Crippen molar-refractivity contribution in [2.24, 2.45) is 11.1 Å². The molecule has 0 saturated carbocycles. The minimum absolute atomic E-state index is 0.0482. The van der Waals surface area contributed by atoms with Crippen LogP contribution in [0.2, 0.25) is 0 Å². The number of ether oxygens (including phenoxy) is 1. The van der Waals surface area contributed by atoms with Crippen molar-refractivity contribution in [3.8, 4) is 5.75 Å². The fraction of sp³-hybridized carbons (Fsp3) is 0.556. The number of nitrogens with two attached hydrogens (primary N) is 1. The number of amides is 2. The first-order valence-corrected chi connectivity index (χ1v) is 8.86. The summed E-state index contributed by atoms with van der Waals surface area (Å²) in [5, 5.41) is 20.2. The summed E-state index contributed by atoms with van der Waals surface area (Å²) in [6.45, 7) is 3.13. The fourth-order valence-electron chi connectivity index (χ4n) is 2.46. The summed E-state index contributed by atoms with van der Waals surface area (Å²) < 4.78 is 5.57. The number of para-hydroxylation sites is 1. The van der Waals surface area contributed by atoms with Crippen LogP contribution in [0.25, 0.3) is 0 Å². The van der Waals surface area contributed by atoms with Crippen molar-refractivity contribution in [2.75, 3.05) is 32.2 Å². The zero-order chi connectivity index (χ0) is 19.8. The summed E-state index contributed by atoms with van der Waals surface area (Å²) in [6.07, 6.45) is -0.121. The number of primary amides is 1. The number of aliphatic hydroxyl groups is 2. The number of nitrogens with zero attached hydrogens (tertiary/aromatic N) is 1. The molecule has 26 heavy (non-hydrogen) atoms. The van der Waals surface area contributed by atoms with Crippen molar-refractivity contribution in [1.29, 1.82) is 0 Å². The van der Waals surface area contributed by atoms with E-state index in [0.717, 1.165) is 0 Å². The Bertz CT molecular complexity index is 597. The second-order valence-corrected chi connectivity index (χ2v) is 6.96. The molecule has 0 fully saturated rings. The monoisotopic (exact) mass is 386 g/mol. The molecule has 8 heteroatoms. The second kappa shape index (κ2) is 9.75. The molecule has 1 atom stereocenters. The van der Waals surface area contributed by atoms with Gasteiger partial charge in [-0.05, 0) is 12.1 Å². The summed E-state index contributed by atoms with van der Waals surface area (Å²) in [5.41, 5.74) is 2.23. The minimum atomic E-state index is -1.97. The quantitative estimate of drug-likeness (QED) is 0.486. The van der Waals surface area contributed by atoms with Crippen LogP contribution in [-0.4, -0.2) is 64.7 Å². The number of hydrogen-bond donors (Lipinski definition) is 3. The number of halogens is 1. The van der Waals surface area contributed by atoms with E-state index in [1.165, 1.54) is 18.7 Å². The van der Waals surface area contributed by atoms with E-state index in [-0.39, 0.29) is 37.9 Å². The SMILES string of the molecule is CC(C)(CO)C(O)(CCN(CCOc1ccccc1)C(=O)CCl)C(N)=O. The maximum absolute atomic E-state index is 12.1. The van der Waals surface area contributed by atoms with Crippen LogP contribution in [0.15, 0.2) is 30.3 Å². The van der Waals surface area contributed by atoms with Gasteiger partial charge in [-0.15, -0.1) is 11.6 Å². The molecule has 1 rings (SSSR count). The number of alkyl halides is 1. The predicted molar refractivity (Wildman–Crippen MR) is 98.9 cm³/mol. The van der Waals surface area contributed by atoms with E-state index in [2.05, 4.69) is 0 Å². The summed E-state index contributed by atoms with van der Waals surface area (Å²) >= 11 is 5.65. The highest BCUT2D eigenvalue weighted by molar-refractivity contribution is 6.27. The topological polar surface area (TPSA) is 113 Å². The molecule has 0 aliphatic rings. The zero-order valence-electron chi connectivity index (χ0n) is 15.2. The van der Waals surface area contributed by atoms with Crippen LogP contribution < -0.4 is 10.5 Å². The van der Waals surface area contributed by atoms with Gasteiger partial charge in [0.05, 0.1) is 13.2 Å². The molecule has 0 aliphatic carbocycles. The molecule has 1 aromatic rings. The molecule has 0 radical (unpaired) electrons. The van der Waals surface area contributed by atoms with E-state index in [9.17, 15) is 19.8 Å². The normalized spacial score (nSPS) is 13.7. The van der Waals surface area contributed by atoms with Gasteiger partial charge in [-0.2, -0.15) is 0 Å². The van der Waals surface area contributed by atoms with Gasteiger partial charge in [0.25, 0.3) is 0 Å². The molecule has 2 amide bonds. The molecule has 0 saturated heterocycles. The Morgan fingerprint density at radius 3 is 2.35 bits per heavy atom. The van der Waals surface area contributed by atoms with Crippen LogP contribution in [0.5, 0.6) is 5.75 Å². The lowest BCUT2D eigenvalue weighted by molar-refractivity contribution is -0.157. The van der Waals surface area contributed by atoms with E-state index in [0.29, 0.717) is 5.75 Å². The molecule has 7 nitrogen and oxygen atoms in total. The predicted octanol–water partition coefficient (Wildman–Crippen LogP) is 0.758. The van der Waals surface area contributed by atoms with Gasteiger partial charge in [0.15, 0.2) is 5.60 Å². The maximum Gasteiger partial charge on any atom is 0.250 e. The van der Waals surface area contributed by atoms with Crippen LogP contribution in [0.3, 0.4) is 0 Å². The van der Waals surface area contributed by atoms with Gasteiger partial charge in [-0.25, -0.2) is 0 Å². The largest absolute Gasteiger partial charge is 0.492 e. The Kier molecular flexibility index (Phi) is 8.33. The van der Waals surface area contributed by atoms with Gasteiger partial charge in [0.2, 0.25) is 11.8 Å². The van der Waals surface area contributed by atoms with Crippen LogP contribution in [0.1, 0.15) is 20.3 Å². The van der Waals surface area contributed by atoms with Gasteiger partial charge in [-0.1, -0.05) is 32.0 Å². The molecule has 4 N–H and O–H groups in total. The average molecular weight is 387 g/mol. The van der Waals surface area contributed by atoms with Gasteiger partial charge in [0.1, 0.15) is 18.2 Å². The van der Waals surface area contributed by atoms with Crippen molar-refractivity contribution in [2.45, 2.75) is 25.9 Å². The summed E-state index contributed by atoms with van der Waals surface area (Å²) in [7, 11) is 0. The van der Waals surface area contributed by atoms with Crippen LogP contribution in [0, 0.1) is 5.41 Å². The molecule has 0 spiro atoms. The Morgan fingerprint density at radius 1 is 1.23 bits per heavy atom. The van der Waals surface area contributed by atoms with Gasteiger partial charge in [0, 0.05) is 18.4 Å². The number of carbonyl (C=O) groups excluding carboxylic acids is 2. The van der Waals surface area contributed by atoms with Crippen molar-refractivity contribution < 1.29 is 24.5 Å². The molecule has 1 aromatic carbocycles. The number of carbonyl (C=O) groups is 2. The number of rotatable bonds is 11. The van der Waals surface area contributed by atoms with Crippen LogP contribution >= 0.6 is 11.6 Å². The smallest absolute Gasteiger partial charge is 0.250 e. The van der Waals surface area contributed by atoms with Crippen molar-refractivity contribution >= 4 is 23.4 Å². The summed E-state index contributed by atoms with van der Waals surface area (Å²) in [6, 6.07) is 9.12. The standard InChI is InChI=1S/C18H27ClN2O5/c1-17(2,13-22)18(25,16(20)24)8-9-21(15(23)12-19)10-11-26-14-6-4-3-5-7-14/h3-7,22,25H,8-13H2,1-2H3,(H2,20,24). The maximum atomic E-state index is 12.1. The third-order valence-corrected chi connectivity index (χ3v) is 4.73. The molecule has 0 bridgehead atoms. The van der Waals surface area contributed by atoms with Gasteiger partial charge < -0.3 is 25.6 Å². The second-order valence-electron chi connectivity index (χ2n) is 6.69. The molecule has 146 valence electrons. The lowest BCUT2D eigenvalue weighted by Crippen LogP contribution is -2.58. The Balaban J connectivity index is 2.74. The van der Waals surface area contributed by atoms with E-state index in [1.54, 1.807) is 12.1 Å². The zero-order valence-corrected chi connectivity index (χ0v) is 15.9. The van der Waals surface area contributed by atoms with Gasteiger partial charge >= 0.3 is 0 Å². The van der Waals surface area contributed by atoms with E-state index < -0.39 is 23.5 Å². The lowest BCUT2D eigenvalue weighted by atomic mass is 9.72. The molecular weight excluding hydrogens is 360 g/mol. The van der Waals surface area contributed by atoms with Crippen LogP contribution in [-0.2, 0) is 9.59 Å². The average Bonchev–Trinajstić information content (AvgIpc) is 2.63. The van der Waals surface area contributed by atoms with E-state index in [1.807, 2.05) is 18.2 Å². The highest BCUT2D eigenvalue weighted by Gasteiger charge is 2.48. The van der Waals surface area contributed by atoms with Crippen molar-refractivity contribution in [1.82, 2.24) is 4.90 Å². The Morgan fingerprint density at radius 2 is 1.85 bits per heavy atom. The van der Waals surface area contributed by atoms with E-state index >= 15 is 0 Å². The third-order valence-electron chi connectivity index (χ3n) is 4.51. The molecule has 1 unspecified atom stereocenters. The number of aliphatic hydroxyl groups excluding tert-OH is 1. The summed E-state index contributed by atoms with van der Waals surface area (Å²) in [5.74, 6) is -0.864. The number of hydrogen-bond acceptors (Lipinski definition) is 5. The Hall–Kier alpha value is -1.83. The summed E-state index contributed by atoms with van der Waals surface area (Å²) in [4.78, 5) is 25.2. The first-order chi connectivity index (χ1) is 12.2. The fourth-order valence-corrected chi connectivity index (χ4v) is 2.63. The Labute approximate surface area is 158 Å². The minimum Gasteiger partial charge on any atom is -0.492 e. The highest BCUT2D eigenvalue weighted by atomic mass is 35.5. The molecule has 0 aromatic heterocycles. The first kappa shape index (κ1) is 22.2. The van der Waals surface area contributed by atoms with Gasteiger partial charge in [-0.3, -0.25) is 9.59 Å². The highest BCUT2D eigenvalue weighted by Crippen LogP contribution is 2.33. The molecular formula is C18H27ClN2O5. The third kappa shape index (κ3) is 5.59. The lowest BCUT2D eigenvalue weighted by Gasteiger charge is -2.40. The molecule has 0 aliphatic heterocycles. The first-order valence-electron chi connectivity index (χ1n) is 8.32. The molecule has 0 heterocycles. The van der Waals surface area contributed by atoms with Crippen LogP contribution in [0.4, 0.5) is 0 Å². The number of benzene rings is 1. The van der Waals surface area contributed by atoms with E-state index in [4.69, 9.17) is 22.1 Å².